The number of hydrogen-bond acceptors (Lipinski definition) is 4. The Morgan fingerprint density at radius 1 is 1.00 bits per heavy atom. The SMILES string of the molecule is COc1ccc(-c2nc(-c3ccc(Cl)cc3)no2)cc1Cl. The highest BCUT2D eigenvalue weighted by atomic mass is 35.5. The van der Waals surface area contributed by atoms with Gasteiger partial charge in [-0.2, -0.15) is 4.98 Å². The van der Waals surface area contributed by atoms with Crippen molar-refractivity contribution in [2.45, 2.75) is 0 Å². The number of methoxy groups -OCH3 is 1. The molecular weight excluding hydrogens is 311 g/mol. The first-order valence-electron chi connectivity index (χ1n) is 6.11. The molecule has 4 nitrogen and oxygen atoms in total. The smallest absolute Gasteiger partial charge is 0.258 e. The minimum absolute atomic E-state index is 0.393. The lowest BCUT2D eigenvalue weighted by molar-refractivity contribution is 0.414. The van der Waals surface area contributed by atoms with Crippen molar-refractivity contribution in [2.75, 3.05) is 7.11 Å². The van der Waals surface area contributed by atoms with Crippen LogP contribution in [0.1, 0.15) is 0 Å². The lowest BCUT2D eigenvalue weighted by atomic mass is 10.2. The number of benzene rings is 2. The highest BCUT2D eigenvalue weighted by Crippen LogP contribution is 2.30. The molecular formula is C15H10Cl2N2O2. The second-order valence-electron chi connectivity index (χ2n) is 4.28. The second-order valence-corrected chi connectivity index (χ2v) is 5.12. The van der Waals surface area contributed by atoms with Gasteiger partial charge in [-0.05, 0) is 42.5 Å². The van der Waals surface area contributed by atoms with E-state index in [9.17, 15) is 0 Å². The van der Waals surface area contributed by atoms with Crippen molar-refractivity contribution >= 4 is 23.2 Å². The fourth-order valence-electron chi connectivity index (χ4n) is 1.86. The molecule has 3 aromatic rings. The van der Waals surface area contributed by atoms with E-state index < -0.39 is 0 Å². The Bertz CT molecular complexity index is 770. The van der Waals surface area contributed by atoms with Crippen LogP contribution in [0.5, 0.6) is 5.75 Å². The molecule has 0 bridgehead atoms. The van der Waals surface area contributed by atoms with Crippen molar-refractivity contribution in [1.29, 1.82) is 0 Å². The van der Waals surface area contributed by atoms with E-state index in [1.54, 1.807) is 31.4 Å². The first kappa shape index (κ1) is 13.9. The standard InChI is InChI=1S/C15H10Cl2N2O2/c1-20-13-7-4-10(8-12(13)17)15-18-14(19-21-15)9-2-5-11(16)6-3-9/h2-8H,1H3. The average molecular weight is 321 g/mol. The third-order valence-electron chi connectivity index (χ3n) is 2.93. The van der Waals surface area contributed by atoms with Crippen LogP contribution < -0.4 is 4.74 Å². The topological polar surface area (TPSA) is 48.2 Å². The van der Waals surface area contributed by atoms with Crippen molar-refractivity contribution < 1.29 is 9.26 Å². The zero-order chi connectivity index (χ0) is 14.8. The Morgan fingerprint density at radius 3 is 2.38 bits per heavy atom. The summed E-state index contributed by atoms with van der Waals surface area (Å²) in [5, 5.41) is 5.11. The van der Waals surface area contributed by atoms with E-state index in [0.717, 1.165) is 11.1 Å². The van der Waals surface area contributed by atoms with Gasteiger partial charge in [0.05, 0.1) is 12.1 Å². The molecule has 21 heavy (non-hydrogen) atoms. The van der Waals surface area contributed by atoms with Gasteiger partial charge in [0.1, 0.15) is 5.75 Å². The van der Waals surface area contributed by atoms with Gasteiger partial charge in [0.2, 0.25) is 5.82 Å². The molecule has 0 fully saturated rings. The summed E-state index contributed by atoms with van der Waals surface area (Å²) in [7, 11) is 1.56. The number of nitrogens with zero attached hydrogens (tertiary/aromatic N) is 2. The Labute approximate surface area is 131 Å². The third-order valence-corrected chi connectivity index (χ3v) is 3.47. The second kappa shape index (κ2) is 5.76. The minimum Gasteiger partial charge on any atom is -0.495 e. The molecule has 2 aromatic carbocycles. The van der Waals surface area contributed by atoms with Gasteiger partial charge in [0.15, 0.2) is 0 Å². The molecule has 0 N–H and O–H groups in total. The average Bonchev–Trinajstić information content (AvgIpc) is 2.98. The van der Waals surface area contributed by atoms with E-state index in [-0.39, 0.29) is 0 Å². The Morgan fingerprint density at radius 2 is 1.71 bits per heavy atom. The lowest BCUT2D eigenvalue weighted by Crippen LogP contribution is -1.85. The summed E-state index contributed by atoms with van der Waals surface area (Å²) in [5.74, 6) is 1.48. The molecule has 0 aliphatic rings. The third kappa shape index (κ3) is 2.86. The van der Waals surface area contributed by atoms with Crippen LogP contribution in [0.2, 0.25) is 10.0 Å². The Balaban J connectivity index is 1.94. The van der Waals surface area contributed by atoms with Gasteiger partial charge in [-0.1, -0.05) is 28.4 Å². The Hall–Kier alpha value is -2.04. The molecule has 0 aliphatic heterocycles. The summed E-state index contributed by atoms with van der Waals surface area (Å²) in [6.45, 7) is 0. The van der Waals surface area contributed by atoms with Crippen molar-refractivity contribution in [2.24, 2.45) is 0 Å². The first-order chi connectivity index (χ1) is 10.2. The van der Waals surface area contributed by atoms with Crippen LogP contribution in [0.4, 0.5) is 0 Å². The molecule has 0 aliphatic carbocycles. The van der Waals surface area contributed by atoms with Crippen LogP contribution in [0.25, 0.3) is 22.8 Å². The van der Waals surface area contributed by atoms with Crippen molar-refractivity contribution in [3.63, 3.8) is 0 Å². The predicted molar refractivity (Wildman–Crippen MR) is 81.7 cm³/mol. The van der Waals surface area contributed by atoms with Crippen molar-refractivity contribution in [3.8, 4) is 28.6 Å². The molecule has 6 heteroatoms. The van der Waals surface area contributed by atoms with Gasteiger partial charge in [-0.25, -0.2) is 0 Å². The monoisotopic (exact) mass is 320 g/mol. The van der Waals surface area contributed by atoms with Crippen molar-refractivity contribution in [3.05, 3.63) is 52.5 Å². The number of hydrogen-bond donors (Lipinski definition) is 0. The molecule has 1 aromatic heterocycles. The summed E-state index contributed by atoms with van der Waals surface area (Å²) in [6.07, 6.45) is 0. The maximum absolute atomic E-state index is 6.09. The van der Waals surface area contributed by atoms with Crippen LogP contribution >= 0.6 is 23.2 Å². The molecule has 106 valence electrons. The predicted octanol–water partition coefficient (Wildman–Crippen LogP) is 4.72. The molecule has 0 saturated carbocycles. The molecule has 3 rings (SSSR count). The summed E-state index contributed by atoms with van der Waals surface area (Å²) in [6, 6.07) is 12.5. The molecule has 0 unspecified atom stereocenters. The normalized spacial score (nSPS) is 10.6. The van der Waals surface area contributed by atoms with E-state index in [1.807, 2.05) is 18.2 Å². The maximum atomic E-state index is 6.09. The zero-order valence-corrected chi connectivity index (χ0v) is 12.5. The van der Waals surface area contributed by atoms with E-state index in [2.05, 4.69) is 10.1 Å². The minimum atomic E-state index is 0.393. The number of aromatic nitrogens is 2. The van der Waals surface area contributed by atoms with Crippen LogP contribution in [0.15, 0.2) is 47.0 Å². The van der Waals surface area contributed by atoms with Gasteiger partial charge in [0, 0.05) is 16.1 Å². The van der Waals surface area contributed by atoms with Gasteiger partial charge in [-0.15, -0.1) is 0 Å². The summed E-state index contributed by atoms with van der Waals surface area (Å²) in [5.41, 5.74) is 1.56. The largest absolute Gasteiger partial charge is 0.495 e. The van der Waals surface area contributed by atoms with Gasteiger partial charge in [0.25, 0.3) is 5.89 Å². The lowest BCUT2D eigenvalue weighted by Gasteiger charge is -2.02. The van der Waals surface area contributed by atoms with E-state index in [1.165, 1.54) is 0 Å². The van der Waals surface area contributed by atoms with Crippen LogP contribution in [-0.4, -0.2) is 17.3 Å². The summed E-state index contributed by atoms with van der Waals surface area (Å²) >= 11 is 11.9. The number of ether oxygens (including phenoxy) is 1. The van der Waals surface area contributed by atoms with Crippen LogP contribution in [0.3, 0.4) is 0 Å². The van der Waals surface area contributed by atoms with Gasteiger partial charge < -0.3 is 9.26 Å². The fourth-order valence-corrected chi connectivity index (χ4v) is 2.24. The van der Waals surface area contributed by atoms with Gasteiger partial charge >= 0.3 is 0 Å². The van der Waals surface area contributed by atoms with Crippen LogP contribution in [-0.2, 0) is 0 Å². The molecule has 0 radical (unpaired) electrons. The van der Waals surface area contributed by atoms with Gasteiger partial charge in [-0.3, -0.25) is 0 Å². The fraction of sp³-hybridized carbons (Fsp3) is 0.0667. The summed E-state index contributed by atoms with van der Waals surface area (Å²) < 4.78 is 10.4. The quantitative estimate of drug-likeness (QED) is 0.700. The molecule has 1 heterocycles. The first-order valence-corrected chi connectivity index (χ1v) is 6.86. The highest BCUT2D eigenvalue weighted by Gasteiger charge is 2.12. The maximum Gasteiger partial charge on any atom is 0.258 e. The molecule has 0 atom stereocenters. The highest BCUT2D eigenvalue weighted by molar-refractivity contribution is 6.32. The van der Waals surface area contributed by atoms with E-state index in [4.69, 9.17) is 32.5 Å². The Kier molecular flexibility index (Phi) is 3.82. The molecule has 0 spiro atoms. The van der Waals surface area contributed by atoms with E-state index in [0.29, 0.717) is 27.5 Å². The zero-order valence-electron chi connectivity index (χ0n) is 11.0. The van der Waals surface area contributed by atoms with E-state index >= 15 is 0 Å². The number of rotatable bonds is 3. The van der Waals surface area contributed by atoms with Crippen molar-refractivity contribution in [1.82, 2.24) is 10.1 Å². The summed E-state index contributed by atoms with van der Waals surface area (Å²) in [4.78, 5) is 4.36. The van der Waals surface area contributed by atoms with Crippen LogP contribution in [0, 0.1) is 0 Å². The molecule has 0 amide bonds. The number of halogens is 2. The molecule has 0 saturated heterocycles.